The number of carbonyl (C=O) groups excluding carboxylic acids is 2. The Kier molecular flexibility index (Phi) is 5.25. The first-order valence-corrected chi connectivity index (χ1v) is 7.24. The predicted octanol–water partition coefficient (Wildman–Crippen LogP) is 1.46. The summed E-state index contributed by atoms with van der Waals surface area (Å²) in [4.78, 5) is 23.6. The minimum Gasteiger partial charge on any atom is -0.493 e. The normalized spacial score (nSPS) is 14.9. The highest BCUT2D eigenvalue weighted by molar-refractivity contribution is 5.84. The first kappa shape index (κ1) is 16.1. The first-order valence-electron chi connectivity index (χ1n) is 7.24. The molecule has 0 spiro atoms. The number of rotatable bonds is 7. The molecule has 6 heteroatoms. The van der Waals surface area contributed by atoms with Crippen molar-refractivity contribution in [2.45, 2.75) is 38.3 Å². The molecule has 0 heterocycles. The number of ether oxygens (including phenoxy) is 3. The molecule has 1 aromatic rings. The van der Waals surface area contributed by atoms with E-state index in [0.29, 0.717) is 11.5 Å². The summed E-state index contributed by atoms with van der Waals surface area (Å²) in [5.41, 5.74) is 0.734. The van der Waals surface area contributed by atoms with Crippen molar-refractivity contribution in [1.29, 1.82) is 0 Å². The Labute approximate surface area is 129 Å². The SMILES string of the molecule is COc1ccc(CC(=O)OC(C)C(=O)NC2CC2)cc1OC. The van der Waals surface area contributed by atoms with Crippen molar-refractivity contribution in [1.82, 2.24) is 5.32 Å². The van der Waals surface area contributed by atoms with Gasteiger partial charge in [0.05, 0.1) is 20.6 Å². The minimum absolute atomic E-state index is 0.0708. The third-order valence-electron chi connectivity index (χ3n) is 3.40. The zero-order chi connectivity index (χ0) is 16.1. The molecule has 1 saturated carbocycles. The van der Waals surface area contributed by atoms with Crippen molar-refractivity contribution in [3.63, 3.8) is 0 Å². The largest absolute Gasteiger partial charge is 0.493 e. The van der Waals surface area contributed by atoms with Crippen LogP contribution >= 0.6 is 0 Å². The van der Waals surface area contributed by atoms with Crippen LogP contribution in [0.15, 0.2) is 18.2 Å². The van der Waals surface area contributed by atoms with Gasteiger partial charge in [0, 0.05) is 6.04 Å². The van der Waals surface area contributed by atoms with Crippen molar-refractivity contribution in [3.05, 3.63) is 23.8 Å². The van der Waals surface area contributed by atoms with Gasteiger partial charge in [-0.25, -0.2) is 0 Å². The number of nitrogens with one attached hydrogen (secondary N) is 1. The highest BCUT2D eigenvalue weighted by atomic mass is 16.5. The lowest BCUT2D eigenvalue weighted by Gasteiger charge is -2.14. The minimum atomic E-state index is -0.784. The standard InChI is InChI=1S/C16H21NO5/c1-10(16(19)17-12-5-6-12)22-15(18)9-11-4-7-13(20-2)14(8-11)21-3/h4,7-8,10,12H,5-6,9H2,1-3H3,(H,17,19). The zero-order valence-corrected chi connectivity index (χ0v) is 13.0. The van der Waals surface area contributed by atoms with Crippen LogP contribution in [0.1, 0.15) is 25.3 Å². The summed E-state index contributed by atoms with van der Waals surface area (Å²) < 4.78 is 15.5. The third kappa shape index (κ3) is 4.38. The number of hydrogen-bond donors (Lipinski definition) is 1. The Morgan fingerprint density at radius 3 is 2.50 bits per heavy atom. The summed E-state index contributed by atoms with van der Waals surface area (Å²) in [5, 5.41) is 2.80. The summed E-state index contributed by atoms with van der Waals surface area (Å²) in [6.07, 6.45) is 1.28. The van der Waals surface area contributed by atoms with Crippen LogP contribution < -0.4 is 14.8 Å². The van der Waals surface area contributed by atoms with Gasteiger partial charge in [0.2, 0.25) is 0 Å². The van der Waals surface area contributed by atoms with Gasteiger partial charge in [0.25, 0.3) is 5.91 Å². The highest BCUT2D eigenvalue weighted by Crippen LogP contribution is 2.27. The summed E-state index contributed by atoms with van der Waals surface area (Å²) >= 11 is 0. The van der Waals surface area contributed by atoms with Crippen molar-refractivity contribution < 1.29 is 23.8 Å². The maximum absolute atomic E-state index is 11.9. The van der Waals surface area contributed by atoms with E-state index in [1.807, 2.05) is 0 Å². The Morgan fingerprint density at radius 2 is 1.91 bits per heavy atom. The quantitative estimate of drug-likeness (QED) is 0.772. The molecular formula is C16H21NO5. The first-order chi connectivity index (χ1) is 10.5. The van der Waals surface area contributed by atoms with Gasteiger partial charge in [-0.05, 0) is 37.5 Å². The fourth-order valence-electron chi connectivity index (χ4n) is 2.00. The molecule has 1 atom stereocenters. The van der Waals surface area contributed by atoms with E-state index >= 15 is 0 Å². The number of hydrogen-bond acceptors (Lipinski definition) is 5. The monoisotopic (exact) mass is 307 g/mol. The molecule has 6 nitrogen and oxygen atoms in total. The van der Waals surface area contributed by atoms with E-state index in [1.165, 1.54) is 7.11 Å². The second kappa shape index (κ2) is 7.15. The molecule has 1 fully saturated rings. The second-order valence-corrected chi connectivity index (χ2v) is 5.28. The third-order valence-corrected chi connectivity index (χ3v) is 3.40. The lowest BCUT2D eigenvalue weighted by molar-refractivity contribution is -0.154. The molecule has 1 aliphatic rings. The van der Waals surface area contributed by atoms with Crippen LogP contribution in [-0.2, 0) is 20.7 Å². The van der Waals surface area contributed by atoms with E-state index < -0.39 is 12.1 Å². The maximum atomic E-state index is 11.9. The van der Waals surface area contributed by atoms with Crippen LogP contribution in [0, 0.1) is 0 Å². The molecule has 22 heavy (non-hydrogen) atoms. The fraction of sp³-hybridized carbons (Fsp3) is 0.500. The van der Waals surface area contributed by atoms with Crippen molar-refractivity contribution in [2.75, 3.05) is 14.2 Å². The molecule has 1 aliphatic carbocycles. The van der Waals surface area contributed by atoms with Crippen molar-refractivity contribution in [3.8, 4) is 11.5 Å². The van der Waals surface area contributed by atoms with Crippen molar-refractivity contribution in [2.24, 2.45) is 0 Å². The van der Waals surface area contributed by atoms with E-state index in [9.17, 15) is 9.59 Å². The Hall–Kier alpha value is -2.24. The Bertz CT molecular complexity index is 553. The highest BCUT2D eigenvalue weighted by Gasteiger charge is 2.27. The number of carbonyl (C=O) groups is 2. The average Bonchev–Trinajstić information content (AvgIpc) is 3.30. The van der Waals surface area contributed by atoms with E-state index in [4.69, 9.17) is 14.2 Å². The molecule has 1 amide bonds. The van der Waals surface area contributed by atoms with E-state index in [0.717, 1.165) is 18.4 Å². The van der Waals surface area contributed by atoms with E-state index in [2.05, 4.69) is 5.32 Å². The van der Waals surface area contributed by atoms with Crippen LogP contribution in [0.5, 0.6) is 11.5 Å². The molecule has 0 bridgehead atoms. The van der Waals surface area contributed by atoms with Gasteiger partial charge in [-0.1, -0.05) is 6.07 Å². The summed E-state index contributed by atoms with van der Waals surface area (Å²) in [6, 6.07) is 5.46. The fourth-order valence-corrected chi connectivity index (χ4v) is 2.00. The van der Waals surface area contributed by atoms with Gasteiger partial charge in [-0.2, -0.15) is 0 Å². The number of esters is 1. The van der Waals surface area contributed by atoms with Crippen LogP contribution in [0.3, 0.4) is 0 Å². The zero-order valence-electron chi connectivity index (χ0n) is 13.0. The summed E-state index contributed by atoms with van der Waals surface area (Å²) in [5.74, 6) is 0.443. The Morgan fingerprint density at radius 1 is 1.23 bits per heavy atom. The van der Waals surface area contributed by atoms with Gasteiger partial charge < -0.3 is 19.5 Å². The van der Waals surface area contributed by atoms with Gasteiger partial charge in [-0.15, -0.1) is 0 Å². The van der Waals surface area contributed by atoms with Crippen LogP contribution in [0.25, 0.3) is 0 Å². The number of amides is 1. The molecule has 2 rings (SSSR count). The lowest BCUT2D eigenvalue weighted by atomic mass is 10.1. The van der Waals surface area contributed by atoms with Crippen LogP contribution in [-0.4, -0.2) is 38.2 Å². The number of benzene rings is 1. The second-order valence-electron chi connectivity index (χ2n) is 5.28. The van der Waals surface area contributed by atoms with Crippen LogP contribution in [0.4, 0.5) is 0 Å². The molecular weight excluding hydrogens is 286 g/mol. The smallest absolute Gasteiger partial charge is 0.311 e. The molecule has 0 radical (unpaired) electrons. The number of methoxy groups -OCH3 is 2. The van der Waals surface area contributed by atoms with Crippen LogP contribution in [0.2, 0.25) is 0 Å². The van der Waals surface area contributed by atoms with E-state index in [-0.39, 0.29) is 18.4 Å². The maximum Gasteiger partial charge on any atom is 0.311 e. The molecule has 1 unspecified atom stereocenters. The van der Waals surface area contributed by atoms with Gasteiger partial charge >= 0.3 is 5.97 Å². The van der Waals surface area contributed by atoms with Gasteiger partial charge in [0.15, 0.2) is 17.6 Å². The molecule has 1 aromatic carbocycles. The summed E-state index contributed by atoms with van der Waals surface area (Å²) in [6.45, 7) is 1.57. The molecule has 1 N–H and O–H groups in total. The Balaban J connectivity index is 1.89. The topological polar surface area (TPSA) is 73.9 Å². The van der Waals surface area contributed by atoms with Gasteiger partial charge in [-0.3, -0.25) is 9.59 Å². The van der Waals surface area contributed by atoms with Gasteiger partial charge in [0.1, 0.15) is 0 Å². The predicted molar refractivity (Wildman–Crippen MR) is 80.0 cm³/mol. The molecule has 0 aromatic heterocycles. The molecule has 0 saturated heterocycles. The van der Waals surface area contributed by atoms with E-state index in [1.54, 1.807) is 32.2 Å². The summed E-state index contributed by atoms with van der Waals surface area (Å²) in [7, 11) is 3.08. The lowest BCUT2D eigenvalue weighted by Crippen LogP contribution is -2.37. The molecule has 120 valence electrons. The molecule has 0 aliphatic heterocycles. The average molecular weight is 307 g/mol. The van der Waals surface area contributed by atoms with Crippen molar-refractivity contribution >= 4 is 11.9 Å².